The van der Waals surface area contributed by atoms with Gasteiger partial charge in [-0.15, -0.1) is 0 Å². The van der Waals surface area contributed by atoms with Gasteiger partial charge in [0.1, 0.15) is 0 Å². The van der Waals surface area contributed by atoms with Crippen LogP contribution in [0.4, 0.5) is 4.79 Å². The van der Waals surface area contributed by atoms with Crippen LogP contribution >= 0.6 is 0 Å². The molecule has 0 aliphatic carbocycles. The molecule has 0 atom stereocenters. The molecule has 1 N–H and O–H groups in total. The Kier molecular flexibility index (Phi) is 6.42. The summed E-state index contributed by atoms with van der Waals surface area (Å²) in [6.07, 6.45) is 3.04. The molecule has 0 unspecified atom stereocenters. The quantitative estimate of drug-likeness (QED) is 0.381. The second kappa shape index (κ2) is 7.08. The fourth-order valence-corrected chi connectivity index (χ4v) is 0.405. The molecule has 0 aromatic carbocycles. The van der Waals surface area contributed by atoms with E-state index in [1.807, 2.05) is 13.0 Å². The van der Waals surface area contributed by atoms with Crippen LogP contribution in [0.5, 0.6) is 0 Å². The number of amides is 1. The van der Waals surface area contributed by atoms with Crippen LogP contribution in [-0.2, 0) is 9.57 Å². The third-order valence-corrected chi connectivity index (χ3v) is 0.846. The molecule has 11 heavy (non-hydrogen) atoms. The van der Waals surface area contributed by atoms with Gasteiger partial charge >= 0.3 is 6.09 Å². The molecule has 0 aromatic heterocycles. The molecule has 4 nitrogen and oxygen atoms in total. The van der Waals surface area contributed by atoms with Crippen molar-refractivity contribution in [3.05, 3.63) is 12.2 Å². The Bertz CT molecular complexity index is 134. The monoisotopic (exact) mass is 159 g/mol. The summed E-state index contributed by atoms with van der Waals surface area (Å²) in [5, 5.41) is 0. The minimum absolute atomic E-state index is 0.346. The molecule has 0 saturated heterocycles. The van der Waals surface area contributed by atoms with Crippen LogP contribution in [-0.4, -0.2) is 19.3 Å². The van der Waals surface area contributed by atoms with E-state index in [9.17, 15) is 4.79 Å². The Labute approximate surface area is 66.1 Å². The van der Waals surface area contributed by atoms with Crippen LogP contribution in [0.2, 0.25) is 0 Å². The van der Waals surface area contributed by atoms with E-state index in [4.69, 9.17) is 0 Å². The second-order valence-corrected chi connectivity index (χ2v) is 1.70. The highest BCUT2D eigenvalue weighted by Gasteiger charge is 1.96. The highest BCUT2D eigenvalue weighted by Crippen LogP contribution is 1.77. The van der Waals surface area contributed by atoms with Crippen molar-refractivity contribution in [3.63, 3.8) is 0 Å². The van der Waals surface area contributed by atoms with E-state index in [1.165, 1.54) is 0 Å². The van der Waals surface area contributed by atoms with Crippen molar-refractivity contribution in [2.75, 3.05) is 13.2 Å². The average Bonchev–Trinajstić information content (AvgIpc) is 1.99. The first-order chi connectivity index (χ1) is 5.31. The lowest BCUT2D eigenvalue weighted by Gasteiger charge is -2.02. The van der Waals surface area contributed by atoms with Gasteiger partial charge in [0.2, 0.25) is 0 Å². The van der Waals surface area contributed by atoms with Crippen LogP contribution in [0.25, 0.3) is 0 Å². The highest BCUT2D eigenvalue weighted by atomic mass is 16.7. The number of carbonyl (C=O) groups excluding carboxylic acids is 1. The van der Waals surface area contributed by atoms with Gasteiger partial charge in [0.15, 0.2) is 0 Å². The topological polar surface area (TPSA) is 47.6 Å². The Morgan fingerprint density at radius 2 is 2.36 bits per heavy atom. The van der Waals surface area contributed by atoms with Gasteiger partial charge in [-0.3, -0.25) is 4.84 Å². The Morgan fingerprint density at radius 3 is 2.91 bits per heavy atom. The molecule has 0 heterocycles. The standard InChI is InChI=1S/C7H13NO3/c1-3-5-6-11-8-7(9)10-4-2/h3,5H,4,6H2,1-2H3,(H,8,9). The largest absolute Gasteiger partial charge is 0.448 e. The first kappa shape index (κ1) is 9.97. The summed E-state index contributed by atoms with van der Waals surface area (Å²) in [6, 6.07) is 0. The maximum Gasteiger partial charge on any atom is 0.431 e. The molecule has 0 aliphatic rings. The van der Waals surface area contributed by atoms with E-state index in [0.717, 1.165) is 0 Å². The summed E-state index contributed by atoms with van der Waals surface area (Å²) in [6.45, 7) is 4.30. The molecule has 4 heteroatoms. The smallest absolute Gasteiger partial charge is 0.431 e. The minimum atomic E-state index is -0.558. The predicted octanol–water partition coefficient (Wildman–Crippen LogP) is 1.24. The molecular formula is C7H13NO3. The van der Waals surface area contributed by atoms with E-state index in [1.54, 1.807) is 13.0 Å². The molecule has 0 aliphatic heterocycles. The van der Waals surface area contributed by atoms with E-state index in [0.29, 0.717) is 13.2 Å². The summed E-state index contributed by atoms with van der Waals surface area (Å²) in [7, 11) is 0. The van der Waals surface area contributed by atoms with Gasteiger partial charge in [-0.05, 0) is 13.8 Å². The zero-order valence-electron chi connectivity index (χ0n) is 6.79. The van der Waals surface area contributed by atoms with Gasteiger partial charge in [0, 0.05) is 0 Å². The first-order valence-corrected chi connectivity index (χ1v) is 3.47. The minimum Gasteiger partial charge on any atom is -0.448 e. The average molecular weight is 159 g/mol. The predicted molar refractivity (Wildman–Crippen MR) is 40.9 cm³/mol. The molecule has 0 radical (unpaired) electrons. The zero-order chi connectivity index (χ0) is 8.53. The first-order valence-electron chi connectivity index (χ1n) is 3.47. The van der Waals surface area contributed by atoms with Crippen LogP contribution < -0.4 is 5.48 Å². The Balaban J connectivity index is 3.17. The van der Waals surface area contributed by atoms with Crippen molar-refractivity contribution >= 4 is 6.09 Å². The van der Waals surface area contributed by atoms with Gasteiger partial charge in [-0.2, -0.15) is 5.48 Å². The molecule has 0 fully saturated rings. The summed E-state index contributed by atoms with van der Waals surface area (Å²) in [4.78, 5) is 15.2. The summed E-state index contributed by atoms with van der Waals surface area (Å²) in [5.74, 6) is 0. The van der Waals surface area contributed by atoms with Crippen LogP contribution in [0.15, 0.2) is 12.2 Å². The van der Waals surface area contributed by atoms with Gasteiger partial charge in [0.05, 0.1) is 13.2 Å². The Morgan fingerprint density at radius 1 is 1.64 bits per heavy atom. The summed E-state index contributed by atoms with van der Waals surface area (Å²) in [5.41, 5.74) is 2.11. The van der Waals surface area contributed by atoms with E-state index in [-0.39, 0.29) is 0 Å². The van der Waals surface area contributed by atoms with E-state index < -0.39 is 6.09 Å². The van der Waals surface area contributed by atoms with Gasteiger partial charge in [-0.1, -0.05) is 12.2 Å². The van der Waals surface area contributed by atoms with Crippen LogP contribution in [0.3, 0.4) is 0 Å². The van der Waals surface area contributed by atoms with E-state index in [2.05, 4.69) is 15.1 Å². The van der Waals surface area contributed by atoms with Crippen molar-refractivity contribution in [1.82, 2.24) is 5.48 Å². The highest BCUT2D eigenvalue weighted by molar-refractivity contribution is 5.65. The number of hydrogen-bond donors (Lipinski definition) is 1. The van der Waals surface area contributed by atoms with Crippen molar-refractivity contribution in [1.29, 1.82) is 0 Å². The maximum absolute atomic E-state index is 10.5. The number of allylic oxidation sites excluding steroid dienone is 1. The molecule has 0 rings (SSSR count). The van der Waals surface area contributed by atoms with Crippen molar-refractivity contribution in [2.24, 2.45) is 0 Å². The normalized spacial score (nSPS) is 10.0. The molecular weight excluding hydrogens is 146 g/mol. The van der Waals surface area contributed by atoms with Crippen molar-refractivity contribution < 1.29 is 14.4 Å². The zero-order valence-corrected chi connectivity index (χ0v) is 6.79. The molecule has 0 saturated carbocycles. The lowest BCUT2D eigenvalue weighted by Crippen LogP contribution is -2.24. The number of rotatable bonds is 4. The van der Waals surface area contributed by atoms with Crippen LogP contribution in [0.1, 0.15) is 13.8 Å². The molecule has 0 aromatic rings. The second-order valence-electron chi connectivity index (χ2n) is 1.70. The Hall–Kier alpha value is -1.03. The van der Waals surface area contributed by atoms with Crippen molar-refractivity contribution in [3.8, 4) is 0 Å². The summed E-state index contributed by atoms with van der Waals surface area (Å²) < 4.78 is 4.52. The number of hydrogen-bond acceptors (Lipinski definition) is 3. The fraction of sp³-hybridized carbons (Fsp3) is 0.571. The third-order valence-electron chi connectivity index (χ3n) is 0.846. The number of ether oxygens (including phenoxy) is 1. The third kappa shape index (κ3) is 6.86. The number of nitrogens with one attached hydrogen (secondary N) is 1. The molecule has 64 valence electrons. The molecule has 1 amide bonds. The fourth-order valence-electron chi connectivity index (χ4n) is 0.405. The lowest BCUT2D eigenvalue weighted by molar-refractivity contribution is 0.0438. The molecule has 0 bridgehead atoms. The van der Waals surface area contributed by atoms with Gasteiger partial charge < -0.3 is 4.74 Å². The lowest BCUT2D eigenvalue weighted by atomic mass is 10.6. The molecule has 0 spiro atoms. The number of carbonyl (C=O) groups is 1. The SMILES string of the molecule is CC=CCONC(=O)OCC. The van der Waals surface area contributed by atoms with Crippen LogP contribution in [0, 0.1) is 0 Å². The van der Waals surface area contributed by atoms with Gasteiger partial charge in [0.25, 0.3) is 0 Å². The number of hydroxylamine groups is 1. The van der Waals surface area contributed by atoms with Gasteiger partial charge in [-0.25, -0.2) is 4.79 Å². The maximum atomic E-state index is 10.5. The summed E-state index contributed by atoms with van der Waals surface area (Å²) >= 11 is 0. The van der Waals surface area contributed by atoms with Crippen molar-refractivity contribution in [2.45, 2.75) is 13.8 Å². The van der Waals surface area contributed by atoms with E-state index >= 15 is 0 Å².